The highest BCUT2D eigenvalue weighted by Gasteiger charge is 2.50. The molecular weight excluding hydrogens is 561 g/mol. The van der Waals surface area contributed by atoms with Crippen LogP contribution in [0.4, 0.5) is 5.82 Å². The predicted molar refractivity (Wildman–Crippen MR) is 132 cm³/mol. The number of anilines is 1. The van der Waals surface area contributed by atoms with Crippen molar-refractivity contribution in [2.75, 3.05) is 25.1 Å². The van der Waals surface area contributed by atoms with Gasteiger partial charge in [-0.3, -0.25) is 4.57 Å². The van der Waals surface area contributed by atoms with Crippen LogP contribution >= 0.6 is 19.2 Å². The van der Waals surface area contributed by atoms with Gasteiger partial charge in [0.15, 0.2) is 17.7 Å². The first-order chi connectivity index (χ1) is 18.7. The normalized spacial score (nSPS) is 24.0. The standard InChI is InChI=1S/C20H29ClN9O8P/c21-19-24-17(23-11-3-1-2-4-11)12-6-22-30(18(12)25-19)16-5-13(32)14(38-16)7-37-20(9-31,39(33,34)35)10-36-8-15-26-28-29-27-15/h6,11,13-14,16,31-32H,1-5,7-10H2,(H,23,24,25)(H2,33,34,35)(H,26,27,28,29)/t13-,14+,16+,20-/m0/s1. The van der Waals surface area contributed by atoms with Gasteiger partial charge in [0.05, 0.1) is 37.5 Å². The minimum atomic E-state index is -5.06. The van der Waals surface area contributed by atoms with Gasteiger partial charge < -0.3 is 39.5 Å². The number of tetrazole rings is 1. The zero-order valence-corrected chi connectivity index (χ0v) is 22.3. The van der Waals surface area contributed by atoms with Gasteiger partial charge in [0.25, 0.3) is 0 Å². The minimum absolute atomic E-state index is 0.0263. The van der Waals surface area contributed by atoms with Crippen LogP contribution in [0, 0.1) is 0 Å². The zero-order chi connectivity index (χ0) is 27.6. The maximum atomic E-state index is 12.3. The number of aliphatic hydroxyl groups is 2. The van der Waals surface area contributed by atoms with E-state index in [9.17, 15) is 24.6 Å². The SMILES string of the molecule is O=P(O)(O)[C@@](CO)(COCc1nn[nH]n1)OC[C@H]1O[C@@H](n2ncc3c(NC4CCCC4)nc(Cl)nc32)C[C@@H]1O. The fourth-order valence-electron chi connectivity index (χ4n) is 4.67. The molecule has 39 heavy (non-hydrogen) atoms. The Labute approximate surface area is 226 Å². The molecule has 19 heteroatoms. The molecule has 0 bridgehead atoms. The van der Waals surface area contributed by atoms with Crippen LogP contribution in [0.25, 0.3) is 11.0 Å². The molecule has 3 aromatic rings. The molecule has 1 aliphatic heterocycles. The lowest BCUT2D eigenvalue weighted by atomic mass is 10.2. The van der Waals surface area contributed by atoms with Crippen molar-refractivity contribution in [2.45, 2.75) is 68.5 Å². The molecule has 1 aliphatic carbocycles. The maximum Gasteiger partial charge on any atom is 0.361 e. The third-order valence-electron chi connectivity index (χ3n) is 6.84. The number of aliphatic hydroxyl groups excluding tert-OH is 2. The summed E-state index contributed by atoms with van der Waals surface area (Å²) in [7, 11) is -5.06. The number of H-pyrrole nitrogens is 1. The van der Waals surface area contributed by atoms with Gasteiger partial charge in [-0.25, -0.2) is 4.68 Å². The van der Waals surface area contributed by atoms with E-state index >= 15 is 0 Å². The molecule has 4 heterocycles. The van der Waals surface area contributed by atoms with Gasteiger partial charge in [-0.05, 0) is 24.4 Å². The van der Waals surface area contributed by atoms with Crippen LogP contribution in [0.1, 0.15) is 44.2 Å². The van der Waals surface area contributed by atoms with Gasteiger partial charge in [0, 0.05) is 12.5 Å². The van der Waals surface area contributed by atoms with E-state index in [1.807, 2.05) is 0 Å². The average Bonchev–Trinajstić information content (AvgIpc) is 3.69. The van der Waals surface area contributed by atoms with Crippen molar-refractivity contribution < 1.29 is 38.8 Å². The molecule has 1 saturated heterocycles. The van der Waals surface area contributed by atoms with E-state index < -0.39 is 51.2 Å². The maximum absolute atomic E-state index is 12.3. The topological polar surface area (TPSA) is 236 Å². The smallest absolute Gasteiger partial charge is 0.361 e. The summed E-state index contributed by atoms with van der Waals surface area (Å²) in [6, 6.07) is 0.283. The van der Waals surface area contributed by atoms with Crippen molar-refractivity contribution >= 4 is 36.0 Å². The van der Waals surface area contributed by atoms with Crippen LogP contribution in [0.15, 0.2) is 6.20 Å². The fraction of sp³-hybridized carbons (Fsp3) is 0.700. The number of hydrogen-bond donors (Lipinski definition) is 6. The number of aromatic amines is 1. The summed E-state index contributed by atoms with van der Waals surface area (Å²) in [5.41, 5.74) is 0.407. The average molecular weight is 590 g/mol. The van der Waals surface area contributed by atoms with Gasteiger partial charge in [0.1, 0.15) is 18.5 Å². The highest BCUT2D eigenvalue weighted by atomic mass is 35.5. The zero-order valence-electron chi connectivity index (χ0n) is 20.6. The van der Waals surface area contributed by atoms with Crippen LogP contribution in [-0.2, 0) is 25.4 Å². The molecule has 0 spiro atoms. The second kappa shape index (κ2) is 11.6. The van der Waals surface area contributed by atoms with Crippen molar-refractivity contribution in [1.29, 1.82) is 0 Å². The molecule has 17 nitrogen and oxygen atoms in total. The van der Waals surface area contributed by atoms with Crippen LogP contribution in [0.5, 0.6) is 0 Å². The van der Waals surface area contributed by atoms with Crippen molar-refractivity contribution in [3.05, 3.63) is 17.3 Å². The van der Waals surface area contributed by atoms with Gasteiger partial charge >= 0.3 is 7.60 Å². The van der Waals surface area contributed by atoms with E-state index in [0.29, 0.717) is 16.9 Å². The molecule has 0 aromatic carbocycles. The number of hydrogen-bond acceptors (Lipinski definition) is 13. The Hall–Kier alpha value is -2.34. The third-order valence-corrected chi connectivity index (χ3v) is 8.47. The fourth-order valence-corrected chi connectivity index (χ4v) is 5.52. The number of ether oxygens (including phenoxy) is 3. The van der Waals surface area contributed by atoms with Crippen LogP contribution in [0.3, 0.4) is 0 Å². The summed E-state index contributed by atoms with van der Waals surface area (Å²) in [5, 5.41) is 39.6. The van der Waals surface area contributed by atoms with Crippen molar-refractivity contribution in [3.8, 4) is 0 Å². The van der Waals surface area contributed by atoms with Gasteiger partial charge in [0.2, 0.25) is 10.6 Å². The lowest BCUT2D eigenvalue weighted by Gasteiger charge is -2.33. The van der Waals surface area contributed by atoms with Gasteiger partial charge in [-0.1, -0.05) is 18.1 Å². The highest BCUT2D eigenvalue weighted by molar-refractivity contribution is 7.53. The third kappa shape index (κ3) is 6.06. The first kappa shape index (κ1) is 28.2. The number of fused-ring (bicyclic) bond motifs is 1. The molecule has 4 atom stereocenters. The van der Waals surface area contributed by atoms with Crippen molar-refractivity contribution in [1.82, 2.24) is 40.4 Å². The van der Waals surface area contributed by atoms with Crippen LogP contribution in [-0.4, -0.2) is 104 Å². The van der Waals surface area contributed by atoms with E-state index in [1.54, 1.807) is 6.20 Å². The number of nitrogens with zero attached hydrogens (tertiary/aromatic N) is 7. The minimum Gasteiger partial charge on any atom is -0.393 e. The summed E-state index contributed by atoms with van der Waals surface area (Å²) in [6.45, 7) is -2.45. The Morgan fingerprint density at radius 1 is 1.31 bits per heavy atom. The molecular formula is C20H29ClN9O8P. The largest absolute Gasteiger partial charge is 0.393 e. The quantitative estimate of drug-likeness (QED) is 0.121. The van der Waals surface area contributed by atoms with Gasteiger partial charge in [-0.15, -0.1) is 10.2 Å². The predicted octanol–water partition coefficient (Wildman–Crippen LogP) is 0.0954. The molecule has 0 amide bonds. The van der Waals surface area contributed by atoms with Crippen molar-refractivity contribution in [3.63, 3.8) is 0 Å². The number of halogens is 1. The molecule has 6 N–H and O–H groups in total. The summed E-state index contributed by atoms with van der Waals surface area (Å²) < 4.78 is 30.5. The first-order valence-corrected chi connectivity index (χ1v) is 14.3. The Bertz CT molecular complexity index is 1300. The molecule has 0 radical (unpaired) electrons. The Morgan fingerprint density at radius 3 is 2.79 bits per heavy atom. The lowest BCUT2D eigenvalue weighted by molar-refractivity contribution is -0.131. The Kier molecular flexibility index (Phi) is 8.42. The number of nitrogens with one attached hydrogen (secondary N) is 2. The highest BCUT2D eigenvalue weighted by Crippen LogP contribution is 2.51. The van der Waals surface area contributed by atoms with E-state index in [1.165, 1.54) is 4.68 Å². The summed E-state index contributed by atoms with van der Waals surface area (Å²) >= 11 is 6.20. The molecule has 5 rings (SSSR count). The van der Waals surface area contributed by atoms with E-state index in [2.05, 4.69) is 41.0 Å². The van der Waals surface area contributed by atoms with E-state index in [4.69, 9.17) is 25.8 Å². The molecule has 2 aliphatic rings. The van der Waals surface area contributed by atoms with E-state index in [0.717, 1.165) is 25.7 Å². The van der Waals surface area contributed by atoms with Crippen molar-refractivity contribution in [2.24, 2.45) is 0 Å². The molecule has 0 unspecified atom stereocenters. The summed E-state index contributed by atoms with van der Waals surface area (Å²) in [5.74, 6) is 0.707. The van der Waals surface area contributed by atoms with Crippen LogP contribution in [0.2, 0.25) is 5.28 Å². The van der Waals surface area contributed by atoms with E-state index in [-0.39, 0.29) is 30.2 Å². The Balaban J connectivity index is 1.28. The van der Waals surface area contributed by atoms with Crippen LogP contribution < -0.4 is 5.32 Å². The molecule has 2 fully saturated rings. The number of rotatable bonds is 12. The Morgan fingerprint density at radius 2 is 2.10 bits per heavy atom. The summed E-state index contributed by atoms with van der Waals surface area (Å²) in [6.07, 6.45) is 3.17. The molecule has 1 saturated carbocycles. The second-order valence-corrected chi connectivity index (χ2v) is 11.7. The monoisotopic (exact) mass is 589 g/mol. The second-order valence-electron chi connectivity index (χ2n) is 9.51. The molecule has 3 aromatic heterocycles. The molecule has 214 valence electrons. The first-order valence-electron chi connectivity index (χ1n) is 12.3. The lowest BCUT2D eigenvalue weighted by Crippen LogP contribution is -2.44. The van der Waals surface area contributed by atoms with Gasteiger partial charge in [-0.2, -0.15) is 20.3 Å². The summed E-state index contributed by atoms with van der Waals surface area (Å²) in [4.78, 5) is 28.5. The number of aromatic nitrogens is 8.